The van der Waals surface area contributed by atoms with Crippen LogP contribution < -0.4 is 5.32 Å². The van der Waals surface area contributed by atoms with Gasteiger partial charge in [0.2, 0.25) is 0 Å². The number of hydrogen-bond acceptors (Lipinski definition) is 3. The molecule has 0 aliphatic rings. The van der Waals surface area contributed by atoms with Gasteiger partial charge in [0.25, 0.3) is 0 Å². The first-order valence-corrected chi connectivity index (χ1v) is 5.01. The van der Waals surface area contributed by atoms with E-state index in [1.165, 1.54) is 12.3 Å². The van der Waals surface area contributed by atoms with Gasteiger partial charge in [-0.2, -0.15) is 0 Å². The minimum absolute atomic E-state index is 0.139. The molecule has 4 nitrogen and oxygen atoms in total. The molecular formula is C10H13ClN2O2. The molecule has 0 aromatic carbocycles. The van der Waals surface area contributed by atoms with Crippen molar-refractivity contribution in [3.63, 3.8) is 0 Å². The van der Waals surface area contributed by atoms with Gasteiger partial charge in [0.05, 0.1) is 5.69 Å². The van der Waals surface area contributed by atoms with Crippen LogP contribution in [0.15, 0.2) is 12.3 Å². The lowest BCUT2D eigenvalue weighted by atomic mass is 10.2. The van der Waals surface area contributed by atoms with Gasteiger partial charge < -0.3 is 10.4 Å². The van der Waals surface area contributed by atoms with E-state index in [1.807, 2.05) is 13.8 Å². The number of nitrogens with zero attached hydrogens (tertiary/aromatic N) is 1. The molecule has 1 aromatic rings. The number of aromatic carboxylic acids is 1. The number of carboxylic acids is 1. The number of aromatic nitrogens is 1. The predicted molar refractivity (Wildman–Crippen MR) is 59.5 cm³/mol. The Balaban J connectivity index is 2.92. The highest BCUT2D eigenvalue weighted by Gasteiger charge is 2.11. The fraction of sp³-hybridized carbons (Fsp3) is 0.400. The molecule has 0 saturated carbocycles. The molecule has 82 valence electrons. The summed E-state index contributed by atoms with van der Waals surface area (Å²) in [4.78, 5) is 14.6. The number of rotatable bonds is 4. The Morgan fingerprint density at radius 1 is 1.67 bits per heavy atom. The van der Waals surface area contributed by atoms with Gasteiger partial charge in [0.1, 0.15) is 10.7 Å². The Morgan fingerprint density at radius 2 is 2.33 bits per heavy atom. The van der Waals surface area contributed by atoms with Gasteiger partial charge in [-0.05, 0) is 12.0 Å². The Bertz CT molecular complexity index is 366. The third kappa shape index (κ3) is 3.40. The minimum atomic E-state index is -1.01. The van der Waals surface area contributed by atoms with Crippen molar-refractivity contribution in [3.8, 4) is 0 Å². The average Bonchev–Trinajstić information content (AvgIpc) is 2.14. The zero-order chi connectivity index (χ0) is 11.4. The molecule has 0 fully saturated rings. The van der Waals surface area contributed by atoms with Crippen molar-refractivity contribution in [3.05, 3.63) is 23.0 Å². The third-order valence-corrected chi connectivity index (χ3v) is 2.01. The molecule has 15 heavy (non-hydrogen) atoms. The van der Waals surface area contributed by atoms with Crippen molar-refractivity contribution in [2.45, 2.75) is 13.8 Å². The normalized spacial score (nSPS) is 10.4. The van der Waals surface area contributed by atoms with E-state index in [2.05, 4.69) is 10.3 Å². The van der Waals surface area contributed by atoms with E-state index < -0.39 is 5.97 Å². The average molecular weight is 229 g/mol. The number of nitrogens with one attached hydrogen (secondary N) is 1. The molecule has 0 amide bonds. The predicted octanol–water partition coefficient (Wildman–Crippen LogP) is 2.50. The topological polar surface area (TPSA) is 62.2 Å². The lowest BCUT2D eigenvalue weighted by Gasteiger charge is -2.11. The maximum Gasteiger partial charge on any atom is 0.339 e. The van der Waals surface area contributed by atoms with Crippen LogP contribution in [-0.4, -0.2) is 22.6 Å². The highest BCUT2D eigenvalue weighted by Crippen LogP contribution is 2.18. The molecule has 0 spiro atoms. The molecule has 0 aliphatic carbocycles. The van der Waals surface area contributed by atoms with E-state index >= 15 is 0 Å². The van der Waals surface area contributed by atoms with Crippen LogP contribution in [0, 0.1) is 5.92 Å². The SMILES string of the molecule is CC(C)CNc1cc(Cl)ncc1C(=O)O. The van der Waals surface area contributed by atoms with Crippen molar-refractivity contribution in [1.29, 1.82) is 0 Å². The van der Waals surface area contributed by atoms with Crippen LogP contribution >= 0.6 is 11.6 Å². The molecule has 5 heteroatoms. The highest BCUT2D eigenvalue weighted by atomic mass is 35.5. The van der Waals surface area contributed by atoms with E-state index in [9.17, 15) is 4.79 Å². The van der Waals surface area contributed by atoms with Gasteiger partial charge >= 0.3 is 5.97 Å². The second-order valence-electron chi connectivity index (χ2n) is 3.63. The lowest BCUT2D eigenvalue weighted by Crippen LogP contribution is -2.12. The van der Waals surface area contributed by atoms with Crippen molar-refractivity contribution in [2.75, 3.05) is 11.9 Å². The van der Waals surface area contributed by atoms with Crippen LogP contribution in [0.5, 0.6) is 0 Å². The fourth-order valence-electron chi connectivity index (χ4n) is 1.06. The Morgan fingerprint density at radius 3 is 2.87 bits per heavy atom. The van der Waals surface area contributed by atoms with Gasteiger partial charge in [0.15, 0.2) is 0 Å². The number of halogens is 1. The van der Waals surface area contributed by atoms with E-state index in [1.54, 1.807) is 0 Å². The second-order valence-corrected chi connectivity index (χ2v) is 4.02. The largest absolute Gasteiger partial charge is 0.478 e. The number of carbonyl (C=O) groups is 1. The van der Waals surface area contributed by atoms with Crippen LogP contribution in [0.4, 0.5) is 5.69 Å². The van der Waals surface area contributed by atoms with E-state index in [0.717, 1.165) is 0 Å². The standard InChI is InChI=1S/C10H13ClN2O2/c1-6(2)4-12-8-3-9(11)13-5-7(8)10(14)15/h3,5-6H,4H2,1-2H3,(H,12,13)(H,14,15). The van der Waals surface area contributed by atoms with Gasteiger partial charge in [-0.15, -0.1) is 0 Å². The van der Waals surface area contributed by atoms with Gasteiger partial charge in [-0.1, -0.05) is 25.4 Å². The van der Waals surface area contributed by atoms with Crippen LogP contribution in [-0.2, 0) is 0 Å². The molecule has 0 saturated heterocycles. The minimum Gasteiger partial charge on any atom is -0.478 e. The molecular weight excluding hydrogens is 216 g/mol. The highest BCUT2D eigenvalue weighted by molar-refractivity contribution is 6.29. The van der Waals surface area contributed by atoms with Crippen LogP contribution in [0.25, 0.3) is 0 Å². The second kappa shape index (κ2) is 4.98. The molecule has 0 atom stereocenters. The summed E-state index contributed by atoms with van der Waals surface area (Å²) in [6.45, 7) is 4.77. The van der Waals surface area contributed by atoms with Gasteiger partial charge in [-0.3, -0.25) is 0 Å². The van der Waals surface area contributed by atoms with Crippen LogP contribution in [0.1, 0.15) is 24.2 Å². The molecule has 0 radical (unpaired) electrons. The molecule has 2 N–H and O–H groups in total. The first kappa shape index (κ1) is 11.8. The number of carboxylic acid groups (broad SMARTS) is 1. The number of pyridine rings is 1. The zero-order valence-electron chi connectivity index (χ0n) is 8.62. The molecule has 0 aliphatic heterocycles. The van der Waals surface area contributed by atoms with Crippen LogP contribution in [0.3, 0.4) is 0 Å². The van der Waals surface area contributed by atoms with Crippen molar-refractivity contribution < 1.29 is 9.90 Å². The third-order valence-electron chi connectivity index (χ3n) is 1.80. The summed E-state index contributed by atoms with van der Waals surface area (Å²) in [5, 5.41) is 12.2. The summed E-state index contributed by atoms with van der Waals surface area (Å²) < 4.78 is 0. The van der Waals surface area contributed by atoms with Crippen molar-refractivity contribution in [2.24, 2.45) is 5.92 Å². The fourth-order valence-corrected chi connectivity index (χ4v) is 1.22. The van der Waals surface area contributed by atoms with Crippen LogP contribution in [0.2, 0.25) is 5.15 Å². The van der Waals surface area contributed by atoms with Gasteiger partial charge in [-0.25, -0.2) is 9.78 Å². The van der Waals surface area contributed by atoms with Crippen molar-refractivity contribution in [1.82, 2.24) is 4.98 Å². The maximum atomic E-state index is 10.9. The monoisotopic (exact) mass is 228 g/mol. The van der Waals surface area contributed by atoms with E-state index in [0.29, 0.717) is 18.2 Å². The van der Waals surface area contributed by atoms with Gasteiger partial charge in [0, 0.05) is 12.7 Å². The van der Waals surface area contributed by atoms with E-state index in [4.69, 9.17) is 16.7 Å². The summed E-state index contributed by atoms with van der Waals surface area (Å²) in [6.07, 6.45) is 1.26. The lowest BCUT2D eigenvalue weighted by molar-refractivity contribution is 0.0697. The number of hydrogen-bond donors (Lipinski definition) is 2. The molecule has 0 unspecified atom stereocenters. The molecule has 1 heterocycles. The van der Waals surface area contributed by atoms with Crippen molar-refractivity contribution >= 4 is 23.3 Å². The summed E-state index contributed by atoms with van der Waals surface area (Å²) in [7, 11) is 0. The first-order chi connectivity index (χ1) is 7.00. The number of anilines is 1. The Labute approximate surface area is 93.3 Å². The summed E-state index contributed by atoms with van der Waals surface area (Å²) in [6, 6.07) is 1.52. The summed E-state index contributed by atoms with van der Waals surface area (Å²) in [5.41, 5.74) is 0.649. The Hall–Kier alpha value is -1.29. The molecule has 0 bridgehead atoms. The first-order valence-electron chi connectivity index (χ1n) is 4.63. The maximum absolute atomic E-state index is 10.9. The molecule has 1 rings (SSSR count). The quantitative estimate of drug-likeness (QED) is 0.778. The van der Waals surface area contributed by atoms with E-state index in [-0.39, 0.29) is 10.7 Å². The Kier molecular flexibility index (Phi) is 3.91. The zero-order valence-corrected chi connectivity index (χ0v) is 9.38. The summed E-state index contributed by atoms with van der Waals surface area (Å²) >= 11 is 5.69. The smallest absolute Gasteiger partial charge is 0.339 e. The summed E-state index contributed by atoms with van der Waals surface area (Å²) in [5.74, 6) is -0.580. The molecule has 1 aromatic heterocycles.